The standard InChI is InChI=1S/C32H33ClN2O5/c1-31(2,3)20-13-16-25(24(17-20)32(4,5)6)40-30(38)19-11-14-21(15-12-19)34-27-26(33)28(36)35(29(27)37)22-9-8-10-23(18-22)39-7/h8-18,34H,1-7H3. The monoisotopic (exact) mass is 560 g/mol. The Balaban J connectivity index is 1.51. The molecule has 40 heavy (non-hydrogen) atoms. The van der Waals surface area contributed by atoms with Gasteiger partial charge in [-0.15, -0.1) is 0 Å². The van der Waals surface area contributed by atoms with Gasteiger partial charge in [-0.1, -0.05) is 71.3 Å². The van der Waals surface area contributed by atoms with Gasteiger partial charge in [-0.3, -0.25) is 9.59 Å². The van der Waals surface area contributed by atoms with E-state index in [9.17, 15) is 14.4 Å². The first-order valence-electron chi connectivity index (χ1n) is 12.9. The van der Waals surface area contributed by atoms with Gasteiger partial charge in [0.1, 0.15) is 22.2 Å². The van der Waals surface area contributed by atoms with Crippen molar-refractivity contribution in [1.82, 2.24) is 0 Å². The highest BCUT2D eigenvalue weighted by Crippen LogP contribution is 2.36. The molecule has 0 fully saturated rings. The summed E-state index contributed by atoms with van der Waals surface area (Å²) in [6.45, 7) is 12.7. The Morgan fingerprint density at radius 2 is 1.52 bits per heavy atom. The summed E-state index contributed by atoms with van der Waals surface area (Å²) in [6, 6.07) is 18.9. The van der Waals surface area contributed by atoms with Crippen LogP contribution >= 0.6 is 11.6 Å². The summed E-state index contributed by atoms with van der Waals surface area (Å²) < 4.78 is 11.0. The Morgan fingerprint density at radius 1 is 0.850 bits per heavy atom. The van der Waals surface area contributed by atoms with Gasteiger partial charge in [0, 0.05) is 17.3 Å². The van der Waals surface area contributed by atoms with Crippen molar-refractivity contribution in [3.05, 3.63) is 94.1 Å². The van der Waals surface area contributed by atoms with Gasteiger partial charge in [0.05, 0.1) is 18.4 Å². The molecule has 4 rings (SSSR count). The molecule has 0 aromatic heterocycles. The zero-order valence-corrected chi connectivity index (χ0v) is 24.5. The molecule has 0 spiro atoms. The van der Waals surface area contributed by atoms with Crippen molar-refractivity contribution >= 4 is 40.8 Å². The number of carbonyl (C=O) groups excluding carboxylic acids is 3. The normalized spacial score (nSPS) is 14.1. The van der Waals surface area contributed by atoms with Crippen LogP contribution in [0.15, 0.2) is 77.5 Å². The number of amides is 2. The average Bonchev–Trinajstić information content (AvgIpc) is 3.10. The highest BCUT2D eigenvalue weighted by Gasteiger charge is 2.39. The van der Waals surface area contributed by atoms with E-state index in [1.165, 1.54) is 7.11 Å². The lowest BCUT2D eigenvalue weighted by Gasteiger charge is -2.26. The number of hydrogen-bond acceptors (Lipinski definition) is 6. The van der Waals surface area contributed by atoms with Gasteiger partial charge in [0.15, 0.2) is 0 Å². The molecule has 2 amide bonds. The first-order valence-corrected chi connectivity index (χ1v) is 13.3. The van der Waals surface area contributed by atoms with Gasteiger partial charge in [0.25, 0.3) is 11.8 Å². The van der Waals surface area contributed by atoms with Gasteiger partial charge in [0.2, 0.25) is 0 Å². The summed E-state index contributed by atoms with van der Waals surface area (Å²) in [5.41, 5.74) is 2.91. The summed E-state index contributed by atoms with van der Waals surface area (Å²) in [5, 5.41) is 2.68. The van der Waals surface area contributed by atoms with Crippen LogP contribution < -0.4 is 19.7 Å². The average molecular weight is 561 g/mol. The van der Waals surface area contributed by atoms with Crippen LogP contribution in [0.3, 0.4) is 0 Å². The maximum atomic E-state index is 13.1. The van der Waals surface area contributed by atoms with Crippen molar-refractivity contribution < 1.29 is 23.9 Å². The lowest BCUT2D eigenvalue weighted by atomic mass is 9.80. The Labute approximate surface area is 239 Å². The van der Waals surface area contributed by atoms with Gasteiger partial charge in [-0.2, -0.15) is 0 Å². The van der Waals surface area contributed by atoms with Gasteiger partial charge in [-0.25, -0.2) is 9.69 Å². The third-order valence-corrected chi connectivity index (χ3v) is 6.94. The Kier molecular flexibility index (Phi) is 7.81. The van der Waals surface area contributed by atoms with Gasteiger partial charge >= 0.3 is 5.97 Å². The second kappa shape index (κ2) is 10.8. The molecule has 1 aliphatic rings. The molecule has 7 nitrogen and oxygen atoms in total. The van der Waals surface area contributed by atoms with Crippen LogP contribution in [-0.2, 0) is 20.4 Å². The van der Waals surface area contributed by atoms with Crippen molar-refractivity contribution in [2.75, 3.05) is 17.3 Å². The van der Waals surface area contributed by atoms with Crippen LogP contribution in [0.1, 0.15) is 63.0 Å². The number of benzene rings is 3. The maximum Gasteiger partial charge on any atom is 0.343 e. The fourth-order valence-corrected chi connectivity index (χ4v) is 4.47. The minimum absolute atomic E-state index is 0.0417. The van der Waals surface area contributed by atoms with Crippen molar-refractivity contribution in [3.8, 4) is 11.5 Å². The van der Waals surface area contributed by atoms with E-state index in [0.717, 1.165) is 16.0 Å². The summed E-state index contributed by atoms with van der Waals surface area (Å²) in [6.07, 6.45) is 0. The molecule has 3 aromatic rings. The molecule has 208 valence electrons. The van der Waals surface area contributed by atoms with Crippen molar-refractivity contribution in [2.45, 2.75) is 52.4 Å². The Bertz CT molecular complexity index is 1510. The van der Waals surface area contributed by atoms with E-state index in [2.05, 4.69) is 52.9 Å². The van der Waals surface area contributed by atoms with E-state index in [1.807, 2.05) is 12.1 Å². The molecule has 3 aromatic carbocycles. The minimum Gasteiger partial charge on any atom is -0.497 e. The molecule has 1 aliphatic heterocycles. The molecular formula is C32H33ClN2O5. The van der Waals surface area contributed by atoms with Crippen LogP contribution in [0.5, 0.6) is 11.5 Å². The predicted molar refractivity (Wildman–Crippen MR) is 157 cm³/mol. The molecule has 0 saturated carbocycles. The van der Waals surface area contributed by atoms with Crippen LogP contribution in [0.2, 0.25) is 0 Å². The quantitative estimate of drug-likeness (QED) is 0.199. The molecule has 1 N–H and O–H groups in total. The lowest BCUT2D eigenvalue weighted by Crippen LogP contribution is -2.32. The third-order valence-electron chi connectivity index (χ3n) is 6.59. The fourth-order valence-electron chi connectivity index (χ4n) is 4.26. The second-order valence-corrected chi connectivity index (χ2v) is 12.0. The Morgan fingerprint density at radius 3 is 2.12 bits per heavy atom. The van der Waals surface area contributed by atoms with E-state index < -0.39 is 17.8 Å². The largest absolute Gasteiger partial charge is 0.497 e. The van der Waals surface area contributed by atoms with Crippen molar-refractivity contribution in [2.24, 2.45) is 0 Å². The predicted octanol–water partition coefficient (Wildman–Crippen LogP) is 6.95. The number of halogens is 1. The number of nitrogens with one attached hydrogen (secondary N) is 1. The SMILES string of the molecule is COc1cccc(N2C(=O)C(Cl)=C(Nc3ccc(C(=O)Oc4ccc(C(C)(C)C)cc4C(C)(C)C)cc3)C2=O)c1. The first-order chi connectivity index (χ1) is 18.7. The number of hydrogen-bond donors (Lipinski definition) is 1. The number of esters is 1. The molecule has 0 atom stereocenters. The van der Waals surface area contributed by atoms with Crippen LogP contribution in [0, 0.1) is 0 Å². The molecule has 0 saturated heterocycles. The van der Waals surface area contributed by atoms with Crippen molar-refractivity contribution in [3.63, 3.8) is 0 Å². The number of nitrogens with zero attached hydrogens (tertiary/aromatic N) is 1. The molecule has 0 unspecified atom stereocenters. The van der Waals surface area contributed by atoms with Gasteiger partial charge in [-0.05, 0) is 58.9 Å². The van der Waals surface area contributed by atoms with Gasteiger partial charge < -0.3 is 14.8 Å². The zero-order valence-electron chi connectivity index (χ0n) is 23.7. The maximum absolute atomic E-state index is 13.1. The minimum atomic E-state index is -0.644. The summed E-state index contributed by atoms with van der Waals surface area (Å²) in [5.74, 6) is -0.737. The van der Waals surface area contributed by atoms with Crippen molar-refractivity contribution in [1.29, 1.82) is 0 Å². The van der Waals surface area contributed by atoms with E-state index in [1.54, 1.807) is 48.5 Å². The number of imide groups is 1. The van der Waals surface area contributed by atoms with Crippen LogP contribution in [-0.4, -0.2) is 24.9 Å². The molecule has 1 heterocycles. The Hall–Kier alpha value is -4.10. The van der Waals surface area contributed by atoms with Crippen LogP contribution in [0.4, 0.5) is 11.4 Å². The summed E-state index contributed by atoms with van der Waals surface area (Å²) >= 11 is 6.25. The van der Waals surface area contributed by atoms with E-state index in [4.69, 9.17) is 21.1 Å². The molecule has 0 aliphatic carbocycles. The lowest BCUT2D eigenvalue weighted by molar-refractivity contribution is -0.120. The topological polar surface area (TPSA) is 84.9 Å². The number of methoxy groups -OCH3 is 1. The van der Waals surface area contributed by atoms with E-state index in [0.29, 0.717) is 28.4 Å². The van der Waals surface area contributed by atoms with Crippen LogP contribution in [0.25, 0.3) is 0 Å². The van der Waals surface area contributed by atoms with E-state index in [-0.39, 0.29) is 21.6 Å². The second-order valence-electron chi connectivity index (χ2n) is 11.6. The highest BCUT2D eigenvalue weighted by molar-refractivity contribution is 6.53. The summed E-state index contributed by atoms with van der Waals surface area (Å²) in [4.78, 5) is 39.9. The zero-order chi connectivity index (χ0) is 29.4. The number of carbonyl (C=O) groups is 3. The molecule has 0 radical (unpaired) electrons. The fraction of sp³-hybridized carbons (Fsp3) is 0.281. The summed E-state index contributed by atoms with van der Waals surface area (Å²) in [7, 11) is 1.50. The highest BCUT2D eigenvalue weighted by atomic mass is 35.5. The van der Waals surface area contributed by atoms with E-state index >= 15 is 0 Å². The number of ether oxygens (including phenoxy) is 2. The smallest absolute Gasteiger partial charge is 0.343 e. The number of rotatable bonds is 6. The number of anilines is 2. The third kappa shape index (κ3) is 5.89. The first kappa shape index (κ1) is 28.9. The molecular weight excluding hydrogens is 528 g/mol. The molecule has 0 bridgehead atoms. The molecule has 8 heteroatoms.